The summed E-state index contributed by atoms with van der Waals surface area (Å²) in [5, 5.41) is 3.72. The summed E-state index contributed by atoms with van der Waals surface area (Å²) in [6, 6.07) is 10.4. The number of nitrogens with one attached hydrogen (secondary N) is 1. The Bertz CT molecular complexity index is 443. The summed E-state index contributed by atoms with van der Waals surface area (Å²) in [5.41, 5.74) is 3.19. The highest BCUT2D eigenvalue weighted by Crippen LogP contribution is 2.35. The van der Waals surface area contributed by atoms with Crippen LogP contribution in [-0.4, -0.2) is 30.6 Å². The van der Waals surface area contributed by atoms with Crippen LogP contribution in [0, 0.1) is 5.92 Å². The molecular formula is C18H28N2. The maximum absolute atomic E-state index is 3.72. The zero-order chi connectivity index (χ0) is 13.9. The van der Waals surface area contributed by atoms with E-state index in [0.717, 1.165) is 12.5 Å². The van der Waals surface area contributed by atoms with Crippen LogP contribution in [0.25, 0.3) is 0 Å². The molecule has 2 aliphatic rings. The highest BCUT2D eigenvalue weighted by molar-refractivity contribution is 5.32. The molecule has 1 N–H and O–H groups in total. The second kappa shape index (κ2) is 6.28. The van der Waals surface area contributed by atoms with Gasteiger partial charge in [0, 0.05) is 31.7 Å². The summed E-state index contributed by atoms with van der Waals surface area (Å²) >= 11 is 0. The summed E-state index contributed by atoms with van der Waals surface area (Å²) in [7, 11) is 0. The van der Waals surface area contributed by atoms with Crippen LogP contribution in [-0.2, 0) is 6.42 Å². The van der Waals surface area contributed by atoms with Gasteiger partial charge in [0.05, 0.1) is 0 Å². The fourth-order valence-electron chi connectivity index (χ4n) is 3.86. The Morgan fingerprint density at radius 2 is 2.20 bits per heavy atom. The van der Waals surface area contributed by atoms with E-state index in [9.17, 15) is 0 Å². The van der Waals surface area contributed by atoms with E-state index in [1.165, 1.54) is 38.8 Å². The van der Waals surface area contributed by atoms with E-state index in [0.29, 0.717) is 12.1 Å². The quantitative estimate of drug-likeness (QED) is 0.907. The largest absolute Gasteiger partial charge is 0.311 e. The summed E-state index contributed by atoms with van der Waals surface area (Å²) in [5.74, 6) is 0.775. The molecule has 1 aromatic rings. The molecule has 1 aromatic carbocycles. The molecule has 0 bridgehead atoms. The van der Waals surface area contributed by atoms with Crippen molar-refractivity contribution in [2.75, 3.05) is 19.6 Å². The fourth-order valence-corrected chi connectivity index (χ4v) is 3.86. The van der Waals surface area contributed by atoms with E-state index in [4.69, 9.17) is 0 Å². The van der Waals surface area contributed by atoms with Crippen LogP contribution in [0.5, 0.6) is 0 Å². The predicted molar refractivity (Wildman–Crippen MR) is 84.9 cm³/mol. The zero-order valence-electron chi connectivity index (χ0n) is 12.9. The van der Waals surface area contributed by atoms with Crippen molar-refractivity contribution < 1.29 is 0 Å². The standard InChI is InChI=1S/C18H28N2/c1-3-14(2)17-13-20(12-11-19-17)18-10-6-8-15-7-4-5-9-16(15)18/h4-5,7,9,14,17-19H,3,6,8,10-13H2,1-2H3. The van der Waals surface area contributed by atoms with Crippen LogP contribution in [0.3, 0.4) is 0 Å². The number of aryl methyl sites for hydroxylation is 1. The third kappa shape index (κ3) is 2.77. The van der Waals surface area contributed by atoms with Gasteiger partial charge in [0.1, 0.15) is 0 Å². The van der Waals surface area contributed by atoms with Gasteiger partial charge in [-0.15, -0.1) is 0 Å². The molecule has 0 spiro atoms. The smallest absolute Gasteiger partial charge is 0.0352 e. The number of piperazine rings is 1. The van der Waals surface area contributed by atoms with Gasteiger partial charge in [-0.2, -0.15) is 0 Å². The Kier molecular flexibility index (Phi) is 4.42. The molecule has 110 valence electrons. The second-order valence-corrected chi connectivity index (χ2v) is 6.55. The first-order valence-corrected chi connectivity index (χ1v) is 8.34. The molecule has 1 heterocycles. The minimum absolute atomic E-state index is 0.661. The summed E-state index contributed by atoms with van der Waals surface area (Å²) in [4.78, 5) is 2.74. The van der Waals surface area contributed by atoms with Gasteiger partial charge < -0.3 is 5.32 Å². The first-order valence-electron chi connectivity index (χ1n) is 8.34. The van der Waals surface area contributed by atoms with Gasteiger partial charge in [0.25, 0.3) is 0 Å². The van der Waals surface area contributed by atoms with Gasteiger partial charge >= 0.3 is 0 Å². The minimum Gasteiger partial charge on any atom is -0.311 e. The van der Waals surface area contributed by atoms with E-state index in [2.05, 4.69) is 48.3 Å². The average molecular weight is 272 g/mol. The molecule has 0 aromatic heterocycles. The SMILES string of the molecule is CCC(C)C1CN(C2CCCc3ccccc32)CCN1. The Balaban J connectivity index is 1.76. The van der Waals surface area contributed by atoms with E-state index < -0.39 is 0 Å². The molecule has 1 fully saturated rings. The minimum atomic E-state index is 0.661. The molecule has 3 rings (SSSR count). The van der Waals surface area contributed by atoms with Crippen molar-refractivity contribution in [3.63, 3.8) is 0 Å². The van der Waals surface area contributed by atoms with E-state index in [1.54, 1.807) is 11.1 Å². The molecule has 0 radical (unpaired) electrons. The number of hydrogen-bond donors (Lipinski definition) is 1. The molecule has 1 saturated heterocycles. The summed E-state index contributed by atoms with van der Waals surface area (Å²) < 4.78 is 0. The van der Waals surface area contributed by atoms with Gasteiger partial charge in [0.15, 0.2) is 0 Å². The average Bonchev–Trinajstić information content (AvgIpc) is 2.53. The molecular weight excluding hydrogens is 244 g/mol. The third-order valence-electron chi connectivity index (χ3n) is 5.35. The van der Waals surface area contributed by atoms with Crippen LogP contribution in [0.1, 0.15) is 50.3 Å². The molecule has 3 unspecified atom stereocenters. The van der Waals surface area contributed by atoms with Gasteiger partial charge in [-0.05, 0) is 36.3 Å². The lowest BCUT2D eigenvalue weighted by molar-refractivity contribution is 0.112. The maximum Gasteiger partial charge on any atom is 0.0352 e. The first kappa shape index (κ1) is 14.1. The van der Waals surface area contributed by atoms with Crippen LogP contribution < -0.4 is 5.32 Å². The molecule has 0 saturated carbocycles. The Morgan fingerprint density at radius 1 is 1.35 bits per heavy atom. The van der Waals surface area contributed by atoms with Crippen LogP contribution in [0.15, 0.2) is 24.3 Å². The molecule has 20 heavy (non-hydrogen) atoms. The van der Waals surface area contributed by atoms with Crippen LogP contribution in [0.2, 0.25) is 0 Å². The number of benzene rings is 1. The second-order valence-electron chi connectivity index (χ2n) is 6.55. The lowest BCUT2D eigenvalue weighted by Gasteiger charge is -2.42. The van der Waals surface area contributed by atoms with Crippen molar-refractivity contribution in [2.24, 2.45) is 5.92 Å². The van der Waals surface area contributed by atoms with Gasteiger partial charge in [-0.25, -0.2) is 0 Å². The van der Waals surface area contributed by atoms with Crippen molar-refractivity contribution in [3.8, 4) is 0 Å². The summed E-state index contributed by atoms with van der Waals surface area (Å²) in [6.07, 6.45) is 5.23. The highest BCUT2D eigenvalue weighted by atomic mass is 15.2. The molecule has 3 atom stereocenters. The van der Waals surface area contributed by atoms with Crippen molar-refractivity contribution >= 4 is 0 Å². The Hall–Kier alpha value is -0.860. The van der Waals surface area contributed by atoms with Crippen molar-refractivity contribution in [1.29, 1.82) is 0 Å². The predicted octanol–water partition coefficient (Wildman–Crippen LogP) is 3.38. The number of fused-ring (bicyclic) bond motifs is 1. The number of nitrogens with zero attached hydrogens (tertiary/aromatic N) is 1. The number of rotatable bonds is 3. The number of hydrogen-bond acceptors (Lipinski definition) is 2. The molecule has 2 heteroatoms. The monoisotopic (exact) mass is 272 g/mol. The Labute approximate surface area is 123 Å². The lowest BCUT2D eigenvalue weighted by Crippen LogP contribution is -2.54. The lowest BCUT2D eigenvalue weighted by atomic mass is 9.85. The first-order chi connectivity index (χ1) is 9.79. The topological polar surface area (TPSA) is 15.3 Å². The van der Waals surface area contributed by atoms with Crippen molar-refractivity contribution in [2.45, 2.75) is 51.6 Å². The van der Waals surface area contributed by atoms with Gasteiger partial charge in [-0.1, -0.05) is 44.5 Å². The maximum atomic E-state index is 3.72. The van der Waals surface area contributed by atoms with Crippen LogP contribution >= 0.6 is 0 Å². The fraction of sp³-hybridized carbons (Fsp3) is 0.667. The van der Waals surface area contributed by atoms with E-state index >= 15 is 0 Å². The summed E-state index contributed by atoms with van der Waals surface area (Å²) in [6.45, 7) is 8.25. The van der Waals surface area contributed by atoms with E-state index in [-0.39, 0.29) is 0 Å². The molecule has 0 amide bonds. The van der Waals surface area contributed by atoms with Crippen molar-refractivity contribution in [1.82, 2.24) is 10.2 Å². The third-order valence-corrected chi connectivity index (χ3v) is 5.35. The van der Waals surface area contributed by atoms with Gasteiger partial charge in [0.2, 0.25) is 0 Å². The molecule has 2 nitrogen and oxygen atoms in total. The zero-order valence-corrected chi connectivity index (χ0v) is 12.9. The highest BCUT2D eigenvalue weighted by Gasteiger charge is 2.30. The van der Waals surface area contributed by atoms with Gasteiger partial charge in [-0.3, -0.25) is 4.90 Å². The Morgan fingerprint density at radius 3 is 3.05 bits per heavy atom. The van der Waals surface area contributed by atoms with E-state index in [1.807, 2.05) is 0 Å². The molecule has 1 aliphatic carbocycles. The normalized spacial score (nSPS) is 28.9. The van der Waals surface area contributed by atoms with Crippen molar-refractivity contribution in [3.05, 3.63) is 35.4 Å². The molecule has 1 aliphatic heterocycles. The van der Waals surface area contributed by atoms with Crippen LogP contribution in [0.4, 0.5) is 0 Å².